The van der Waals surface area contributed by atoms with Crippen LogP contribution in [0.2, 0.25) is 0 Å². The highest BCUT2D eigenvalue weighted by atomic mass is 32.2. The largest absolute Gasteiger partial charge is 0.330 e. The van der Waals surface area contributed by atoms with Crippen molar-refractivity contribution in [3.05, 3.63) is 59.9 Å². The van der Waals surface area contributed by atoms with E-state index in [1.165, 1.54) is 28.6 Å². The molecule has 1 saturated heterocycles. The van der Waals surface area contributed by atoms with Crippen molar-refractivity contribution in [1.29, 1.82) is 5.26 Å². The molecule has 2 aromatic carbocycles. The summed E-state index contributed by atoms with van der Waals surface area (Å²) in [4.78, 5) is 17.7. The van der Waals surface area contributed by atoms with Gasteiger partial charge in [0.25, 0.3) is 0 Å². The van der Waals surface area contributed by atoms with Crippen molar-refractivity contribution >= 4 is 26.8 Å². The van der Waals surface area contributed by atoms with Gasteiger partial charge in [0.1, 0.15) is 5.82 Å². The third-order valence-electron chi connectivity index (χ3n) is 5.56. The molecule has 1 unspecified atom stereocenters. The highest BCUT2D eigenvalue weighted by Gasteiger charge is 2.29. The fourth-order valence-electron chi connectivity index (χ4n) is 3.87. The van der Waals surface area contributed by atoms with Gasteiger partial charge in [-0.15, -0.1) is 0 Å². The van der Waals surface area contributed by atoms with Gasteiger partial charge in [0, 0.05) is 25.7 Å². The normalized spacial score (nSPS) is 16.3. The number of benzene rings is 2. The lowest BCUT2D eigenvalue weighted by atomic mass is 9.98. The number of piperidine rings is 1. The number of fused-ring (bicyclic) bond motifs is 1. The second-order valence-corrected chi connectivity index (χ2v) is 9.37. The molecule has 1 aromatic heterocycles. The second-order valence-electron chi connectivity index (χ2n) is 7.43. The maximum Gasteiger partial charge on any atom is 0.243 e. The summed E-state index contributed by atoms with van der Waals surface area (Å²) in [6.45, 7) is 1.04. The predicted molar refractivity (Wildman–Crippen MR) is 112 cm³/mol. The van der Waals surface area contributed by atoms with Crippen LogP contribution < -0.4 is 0 Å². The number of aryl methyl sites for hydroxylation is 1. The molecular formula is C22H22N4O3S. The number of carbonyl (C=O) groups is 1. The van der Waals surface area contributed by atoms with Gasteiger partial charge < -0.3 is 4.57 Å². The van der Waals surface area contributed by atoms with Crippen LogP contribution in [0.3, 0.4) is 0 Å². The third kappa shape index (κ3) is 3.51. The summed E-state index contributed by atoms with van der Waals surface area (Å²) in [6.07, 6.45) is 2.76. The molecule has 30 heavy (non-hydrogen) atoms. The molecule has 8 heteroatoms. The molecule has 0 N–H and O–H groups in total. The first-order valence-corrected chi connectivity index (χ1v) is 11.3. The molecule has 1 fully saturated rings. The molecular weight excluding hydrogens is 400 g/mol. The number of nitrogens with zero attached hydrogens (tertiary/aromatic N) is 4. The maximum absolute atomic E-state index is 13.0. The Kier molecular flexibility index (Phi) is 5.41. The zero-order valence-electron chi connectivity index (χ0n) is 16.7. The molecule has 0 radical (unpaired) electrons. The van der Waals surface area contributed by atoms with Crippen molar-refractivity contribution in [3.63, 3.8) is 0 Å². The third-order valence-corrected chi connectivity index (χ3v) is 7.48. The Bertz CT molecular complexity index is 1230. The monoisotopic (exact) mass is 422 g/mol. The Balaban J connectivity index is 1.62. The number of sulfonamides is 1. The van der Waals surface area contributed by atoms with Gasteiger partial charge in [-0.1, -0.05) is 30.7 Å². The Morgan fingerprint density at radius 3 is 2.37 bits per heavy atom. The lowest BCUT2D eigenvalue weighted by Crippen LogP contribution is -2.35. The maximum atomic E-state index is 13.0. The van der Waals surface area contributed by atoms with Crippen LogP contribution in [0.5, 0.6) is 0 Å². The van der Waals surface area contributed by atoms with E-state index in [0.29, 0.717) is 24.4 Å². The van der Waals surface area contributed by atoms with Crippen molar-refractivity contribution in [2.24, 2.45) is 7.05 Å². The van der Waals surface area contributed by atoms with Gasteiger partial charge in [0.05, 0.1) is 22.0 Å². The summed E-state index contributed by atoms with van der Waals surface area (Å²) in [5, 5.41) is 9.69. The number of ketones is 1. The Labute approximate surface area is 175 Å². The SMILES string of the molecule is Cn1c(C(C#N)C(=O)c2ccc(S(=O)(=O)N3CCCCC3)cc2)nc2ccccc21. The number of para-hydroxylation sites is 2. The molecule has 1 atom stereocenters. The summed E-state index contributed by atoms with van der Waals surface area (Å²) in [6, 6.07) is 15.3. The van der Waals surface area contributed by atoms with Gasteiger partial charge >= 0.3 is 0 Å². The van der Waals surface area contributed by atoms with Gasteiger partial charge in [-0.3, -0.25) is 4.79 Å². The summed E-state index contributed by atoms with van der Waals surface area (Å²) < 4.78 is 28.8. The number of carbonyl (C=O) groups excluding carboxylic acids is 1. The molecule has 2 heterocycles. The van der Waals surface area contributed by atoms with E-state index < -0.39 is 21.7 Å². The van der Waals surface area contributed by atoms with Crippen molar-refractivity contribution in [2.75, 3.05) is 13.1 Å². The lowest BCUT2D eigenvalue weighted by Gasteiger charge is -2.25. The van der Waals surface area contributed by atoms with Crippen LogP contribution >= 0.6 is 0 Å². The van der Waals surface area contributed by atoms with Crippen LogP contribution in [0.1, 0.15) is 41.4 Å². The van der Waals surface area contributed by atoms with Crippen LogP contribution in [-0.2, 0) is 17.1 Å². The zero-order chi connectivity index (χ0) is 21.3. The van der Waals surface area contributed by atoms with E-state index in [-0.39, 0.29) is 10.5 Å². The van der Waals surface area contributed by atoms with Gasteiger partial charge in [0.2, 0.25) is 10.0 Å². The summed E-state index contributed by atoms with van der Waals surface area (Å²) in [5.74, 6) is -1.11. The van der Waals surface area contributed by atoms with Gasteiger partial charge in [-0.25, -0.2) is 13.4 Å². The Hall–Kier alpha value is -3.02. The summed E-state index contributed by atoms with van der Waals surface area (Å²) in [5.41, 5.74) is 1.83. The van der Waals surface area contributed by atoms with Crippen LogP contribution in [0, 0.1) is 11.3 Å². The molecule has 7 nitrogen and oxygen atoms in total. The lowest BCUT2D eigenvalue weighted by molar-refractivity contribution is 0.0975. The van der Waals surface area contributed by atoms with E-state index in [9.17, 15) is 18.5 Å². The van der Waals surface area contributed by atoms with E-state index in [4.69, 9.17) is 0 Å². The van der Waals surface area contributed by atoms with Crippen molar-refractivity contribution in [3.8, 4) is 6.07 Å². The first kappa shape index (κ1) is 20.3. The number of aromatic nitrogens is 2. The minimum absolute atomic E-state index is 0.164. The molecule has 0 bridgehead atoms. The molecule has 0 spiro atoms. The van der Waals surface area contributed by atoms with Gasteiger partial charge in [0.15, 0.2) is 11.7 Å². The van der Waals surface area contributed by atoms with E-state index in [1.54, 1.807) is 11.6 Å². The van der Waals surface area contributed by atoms with Gasteiger partial charge in [-0.05, 0) is 37.1 Å². The number of rotatable bonds is 5. The topological polar surface area (TPSA) is 96.1 Å². The standard InChI is InChI=1S/C22H22N4O3S/c1-25-20-8-4-3-7-19(20)24-22(25)18(15-23)21(27)16-9-11-17(12-10-16)30(28,29)26-13-5-2-6-14-26/h3-4,7-12,18H,2,5-6,13-14H2,1H3. The van der Waals surface area contributed by atoms with E-state index >= 15 is 0 Å². The predicted octanol–water partition coefficient (Wildman–Crippen LogP) is 3.24. The fourth-order valence-corrected chi connectivity index (χ4v) is 5.39. The first-order valence-electron chi connectivity index (χ1n) is 9.89. The quantitative estimate of drug-likeness (QED) is 0.588. The van der Waals surface area contributed by atoms with Crippen LogP contribution in [0.25, 0.3) is 11.0 Å². The van der Waals surface area contributed by atoms with Crippen LogP contribution in [0.4, 0.5) is 0 Å². The first-order chi connectivity index (χ1) is 14.4. The summed E-state index contributed by atoms with van der Waals surface area (Å²) in [7, 11) is -1.79. The van der Waals surface area contributed by atoms with Crippen molar-refractivity contribution in [2.45, 2.75) is 30.1 Å². The minimum Gasteiger partial charge on any atom is -0.330 e. The molecule has 154 valence electrons. The van der Waals surface area contributed by atoms with Crippen molar-refractivity contribution in [1.82, 2.24) is 13.9 Å². The van der Waals surface area contributed by atoms with Crippen LogP contribution in [0.15, 0.2) is 53.4 Å². The molecule has 0 amide bonds. The molecule has 3 aromatic rings. The molecule has 1 aliphatic heterocycles. The highest BCUT2D eigenvalue weighted by molar-refractivity contribution is 7.89. The van der Waals surface area contributed by atoms with E-state index in [2.05, 4.69) is 11.1 Å². The molecule has 0 saturated carbocycles. The van der Waals surface area contributed by atoms with Gasteiger partial charge in [-0.2, -0.15) is 9.57 Å². The van der Waals surface area contributed by atoms with E-state index in [1.807, 2.05) is 24.3 Å². The molecule has 4 rings (SSSR count). The number of nitriles is 1. The number of imidazole rings is 1. The van der Waals surface area contributed by atoms with E-state index in [0.717, 1.165) is 24.8 Å². The zero-order valence-corrected chi connectivity index (χ0v) is 17.5. The number of Topliss-reactive ketones (excluding diaryl/α,β-unsaturated/α-hetero) is 1. The number of hydrogen-bond donors (Lipinski definition) is 0. The highest BCUT2D eigenvalue weighted by Crippen LogP contribution is 2.26. The fraction of sp³-hybridized carbons (Fsp3) is 0.318. The molecule has 1 aliphatic rings. The average Bonchev–Trinajstić information content (AvgIpc) is 3.11. The molecule has 0 aliphatic carbocycles. The second kappa shape index (κ2) is 8.01. The Morgan fingerprint density at radius 2 is 1.73 bits per heavy atom. The average molecular weight is 423 g/mol. The Morgan fingerprint density at radius 1 is 1.07 bits per heavy atom. The van der Waals surface area contributed by atoms with Crippen molar-refractivity contribution < 1.29 is 13.2 Å². The number of hydrogen-bond acceptors (Lipinski definition) is 5. The summed E-state index contributed by atoms with van der Waals surface area (Å²) >= 11 is 0. The smallest absolute Gasteiger partial charge is 0.243 e. The van der Waals surface area contributed by atoms with Crippen LogP contribution in [-0.4, -0.2) is 41.1 Å². The minimum atomic E-state index is -3.57.